The first kappa shape index (κ1) is 22.2. The van der Waals surface area contributed by atoms with Crippen molar-refractivity contribution in [3.8, 4) is 11.5 Å². The summed E-state index contributed by atoms with van der Waals surface area (Å²) in [5.74, 6) is 2.24. The molecule has 2 heterocycles. The molecule has 0 saturated heterocycles. The summed E-state index contributed by atoms with van der Waals surface area (Å²) < 4.78 is 12.4. The zero-order valence-electron chi connectivity index (χ0n) is 19.1. The first-order valence-electron chi connectivity index (χ1n) is 10.6. The monoisotopic (exact) mass is 446 g/mol. The summed E-state index contributed by atoms with van der Waals surface area (Å²) in [4.78, 5) is 21.2. The zero-order chi connectivity index (χ0) is 23.4. The van der Waals surface area contributed by atoms with E-state index in [1.807, 2.05) is 50.4 Å². The molecular weight excluding hydrogens is 420 g/mol. The van der Waals surface area contributed by atoms with Crippen molar-refractivity contribution in [1.82, 2.24) is 25.0 Å². The number of nitrogens with zero attached hydrogens (tertiary/aromatic N) is 5. The second-order valence-electron chi connectivity index (χ2n) is 7.98. The Labute approximate surface area is 191 Å². The van der Waals surface area contributed by atoms with Crippen LogP contribution in [0, 0.1) is 0 Å². The van der Waals surface area contributed by atoms with Gasteiger partial charge in [0.2, 0.25) is 0 Å². The predicted molar refractivity (Wildman–Crippen MR) is 125 cm³/mol. The van der Waals surface area contributed by atoms with Crippen LogP contribution in [0.15, 0.2) is 48.9 Å². The van der Waals surface area contributed by atoms with Crippen molar-refractivity contribution in [3.05, 3.63) is 60.2 Å². The van der Waals surface area contributed by atoms with Crippen LogP contribution < -0.4 is 14.8 Å². The number of methoxy groups -OCH3 is 2. The highest BCUT2D eigenvalue weighted by Crippen LogP contribution is 2.35. The maximum absolute atomic E-state index is 12.5. The largest absolute Gasteiger partial charge is 0.497 e. The number of hydrogen-bond acceptors (Lipinski definition) is 8. The van der Waals surface area contributed by atoms with Gasteiger partial charge >= 0.3 is 0 Å². The summed E-state index contributed by atoms with van der Waals surface area (Å²) in [6.07, 6.45) is 3.64. The highest BCUT2D eigenvalue weighted by molar-refractivity contribution is 5.96. The minimum atomic E-state index is 0.0661. The standard InChI is InChI=1S/C24H26N6O3/c1-15(2)21-13-30(29-28-21)12-18(31)9-16-5-7-17(8-6-16)27-24-23-20(25-14-26-24)10-19(32-3)11-22(23)33-4/h5-8,10-11,13-15H,9,12H2,1-4H3,(H,25,26,27). The molecule has 0 saturated carbocycles. The number of aromatic nitrogens is 5. The van der Waals surface area contributed by atoms with Crippen LogP contribution in [0.5, 0.6) is 11.5 Å². The lowest BCUT2D eigenvalue weighted by Gasteiger charge is -2.13. The van der Waals surface area contributed by atoms with Gasteiger partial charge in [-0.05, 0) is 23.6 Å². The van der Waals surface area contributed by atoms with E-state index >= 15 is 0 Å². The minimum absolute atomic E-state index is 0.0661. The van der Waals surface area contributed by atoms with E-state index in [2.05, 4.69) is 25.6 Å². The van der Waals surface area contributed by atoms with E-state index < -0.39 is 0 Å². The Hall–Kier alpha value is -4.01. The Bertz CT molecular complexity index is 1270. The molecule has 170 valence electrons. The lowest BCUT2D eigenvalue weighted by molar-refractivity contribution is -0.119. The fourth-order valence-electron chi connectivity index (χ4n) is 3.47. The van der Waals surface area contributed by atoms with Crippen LogP contribution in [-0.4, -0.2) is 45.0 Å². The van der Waals surface area contributed by atoms with E-state index in [9.17, 15) is 4.79 Å². The van der Waals surface area contributed by atoms with E-state index in [4.69, 9.17) is 9.47 Å². The number of ether oxygens (including phenoxy) is 2. The summed E-state index contributed by atoms with van der Waals surface area (Å²) in [6, 6.07) is 11.3. The molecule has 1 N–H and O–H groups in total. The lowest BCUT2D eigenvalue weighted by atomic mass is 10.1. The maximum atomic E-state index is 12.5. The minimum Gasteiger partial charge on any atom is -0.497 e. The number of ketones is 1. The molecule has 9 heteroatoms. The fourth-order valence-corrected chi connectivity index (χ4v) is 3.47. The van der Waals surface area contributed by atoms with Gasteiger partial charge in [-0.15, -0.1) is 5.10 Å². The summed E-state index contributed by atoms with van der Waals surface area (Å²) in [7, 11) is 3.20. The molecule has 0 bridgehead atoms. The molecular formula is C24H26N6O3. The number of Topliss-reactive ketones (excluding diaryl/α,β-unsaturated/α-hetero) is 1. The van der Waals surface area contributed by atoms with Gasteiger partial charge in [0.05, 0.1) is 30.8 Å². The number of carbonyl (C=O) groups excluding carboxylic acids is 1. The van der Waals surface area contributed by atoms with E-state index in [1.165, 1.54) is 6.33 Å². The topological polar surface area (TPSA) is 104 Å². The van der Waals surface area contributed by atoms with Crippen molar-refractivity contribution >= 4 is 28.2 Å². The molecule has 0 aliphatic heterocycles. The third kappa shape index (κ3) is 5.08. The summed E-state index contributed by atoms with van der Waals surface area (Å²) in [5, 5.41) is 12.2. The summed E-state index contributed by atoms with van der Waals surface area (Å²) >= 11 is 0. The number of hydrogen-bond donors (Lipinski definition) is 1. The molecule has 2 aromatic heterocycles. The van der Waals surface area contributed by atoms with Crippen LogP contribution in [0.25, 0.3) is 10.9 Å². The van der Waals surface area contributed by atoms with Gasteiger partial charge in [-0.25, -0.2) is 14.6 Å². The van der Waals surface area contributed by atoms with Gasteiger partial charge in [0.1, 0.15) is 30.2 Å². The van der Waals surface area contributed by atoms with Gasteiger partial charge in [0.15, 0.2) is 5.78 Å². The molecule has 0 amide bonds. The zero-order valence-corrected chi connectivity index (χ0v) is 19.1. The molecule has 0 atom stereocenters. The Kier molecular flexibility index (Phi) is 6.48. The molecule has 2 aromatic carbocycles. The summed E-state index contributed by atoms with van der Waals surface area (Å²) in [6.45, 7) is 4.29. The van der Waals surface area contributed by atoms with Crippen molar-refractivity contribution in [2.24, 2.45) is 0 Å². The molecule has 0 radical (unpaired) electrons. The van der Waals surface area contributed by atoms with Gasteiger partial charge in [-0.3, -0.25) is 4.79 Å². The number of carbonyl (C=O) groups is 1. The van der Waals surface area contributed by atoms with Crippen LogP contribution in [0.1, 0.15) is 31.0 Å². The highest BCUT2D eigenvalue weighted by Gasteiger charge is 2.13. The quantitative estimate of drug-likeness (QED) is 0.413. The van der Waals surface area contributed by atoms with Crippen molar-refractivity contribution in [2.75, 3.05) is 19.5 Å². The number of fused-ring (bicyclic) bond motifs is 1. The number of rotatable bonds is 9. The van der Waals surface area contributed by atoms with E-state index in [1.54, 1.807) is 25.0 Å². The Morgan fingerprint density at radius 3 is 2.55 bits per heavy atom. The molecule has 0 fully saturated rings. The average Bonchev–Trinajstić information content (AvgIpc) is 3.28. The first-order valence-corrected chi connectivity index (χ1v) is 10.6. The SMILES string of the molecule is COc1cc(OC)c2c(Nc3ccc(CC(=O)Cn4cc(C(C)C)nn4)cc3)ncnc2c1. The van der Waals surface area contributed by atoms with E-state index in [-0.39, 0.29) is 18.2 Å². The second kappa shape index (κ2) is 9.64. The highest BCUT2D eigenvalue weighted by atomic mass is 16.5. The Balaban J connectivity index is 1.46. The fraction of sp³-hybridized carbons (Fsp3) is 0.292. The molecule has 0 spiro atoms. The number of benzene rings is 2. The van der Waals surface area contributed by atoms with Crippen molar-refractivity contribution in [3.63, 3.8) is 0 Å². The van der Waals surface area contributed by atoms with Crippen molar-refractivity contribution < 1.29 is 14.3 Å². The Morgan fingerprint density at radius 1 is 1.09 bits per heavy atom. The first-order chi connectivity index (χ1) is 16.0. The van der Waals surface area contributed by atoms with Crippen LogP contribution in [-0.2, 0) is 17.8 Å². The molecule has 9 nitrogen and oxygen atoms in total. The summed E-state index contributed by atoms with van der Waals surface area (Å²) in [5.41, 5.74) is 3.34. The predicted octanol–water partition coefficient (Wildman–Crippen LogP) is 3.92. The lowest BCUT2D eigenvalue weighted by Crippen LogP contribution is -2.13. The maximum Gasteiger partial charge on any atom is 0.158 e. The molecule has 4 aromatic rings. The van der Waals surface area contributed by atoms with Crippen LogP contribution in [0.3, 0.4) is 0 Å². The molecule has 0 aliphatic rings. The van der Waals surface area contributed by atoms with Gasteiger partial charge in [0.25, 0.3) is 0 Å². The van der Waals surface area contributed by atoms with Gasteiger partial charge in [-0.1, -0.05) is 31.2 Å². The van der Waals surface area contributed by atoms with Crippen LogP contribution in [0.2, 0.25) is 0 Å². The third-order valence-electron chi connectivity index (χ3n) is 5.24. The van der Waals surface area contributed by atoms with Crippen LogP contribution >= 0.6 is 0 Å². The van der Waals surface area contributed by atoms with Crippen LogP contribution in [0.4, 0.5) is 11.5 Å². The van der Waals surface area contributed by atoms with Crippen molar-refractivity contribution in [1.29, 1.82) is 0 Å². The third-order valence-corrected chi connectivity index (χ3v) is 5.24. The number of anilines is 2. The average molecular weight is 447 g/mol. The smallest absolute Gasteiger partial charge is 0.158 e. The molecule has 0 aliphatic carbocycles. The van der Waals surface area contributed by atoms with E-state index in [0.717, 1.165) is 22.3 Å². The normalized spacial score (nSPS) is 11.1. The van der Waals surface area contributed by atoms with Crippen molar-refractivity contribution in [2.45, 2.75) is 32.7 Å². The number of nitrogens with one attached hydrogen (secondary N) is 1. The molecule has 0 unspecified atom stereocenters. The van der Waals surface area contributed by atoms with E-state index in [0.29, 0.717) is 29.3 Å². The second-order valence-corrected chi connectivity index (χ2v) is 7.98. The molecule has 4 rings (SSSR count). The van der Waals surface area contributed by atoms with Gasteiger partial charge < -0.3 is 14.8 Å². The molecule has 33 heavy (non-hydrogen) atoms. The van der Waals surface area contributed by atoms with Gasteiger partial charge in [0, 0.05) is 30.4 Å². The Morgan fingerprint density at radius 2 is 1.88 bits per heavy atom. The van der Waals surface area contributed by atoms with Gasteiger partial charge in [-0.2, -0.15) is 0 Å².